The van der Waals surface area contributed by atoms with Gasteiger partial charge in [0.2, 0.25) is 0 Å². The van der Waals surface area contributed by atoms with Crippen molar-refractivity contribution in [2.45, 2.75) is 169 Å². The fourth-order valence-electron chi connectivity index (χ4n) is 11.6. The van der Waals surface area contributed by atoms with E-state index in [1.165, 1.54) is 32.4 Å². The smallest absolute Gasteiger partial charge is 0.161 e. The van der Waals surface area contributed by atoms with Crippen molar-refractivity contribution in [3.05, 3.63) is 93.0 Å². The molecule has 4 aromatic carbocycles. The second-order valence-electron chi connectivity index (χ2n) is 23.2. The molecule has 10 atom stereocenters. The van der Waals surface area contributed by atoms with Crippen LogP contribution in [-0.4, -0.2) is 151 Å². The summed E-state index contributed by atoms with van der Waals surface area (Å²) in [6.45, 7) is -13.4. The predicted molar refractivity (Wildman–Crippen MR) is 370 cm³/mol. The van der Waals surface area contributed by atoms with Crippen LogP contribution in [0.2, 0.25) is 0 Å². The Morgan fingerprint density at radius 2 is 0.904 bits per heavy atom. The number of hydrogen-bond donors (Lipinski definition) is 0. The van der Waals surface area contributed by atoms with E-state index in [9.17, 15) is 20.5 Å². The highest BCUT2D eigenvalue weighted by Gasteiger charge is 2.43. The number of Topliss-reactive ketones (excluding diaryl/α,β-unsaturated/α-hetero) is 4. The highest BCUT2D eigenvalue weighted by Crippen LogP contribution is 2.48. The molecule has 16 nitrogen and oxygen atoms in total. The molecule has 8 aliphatic heterocycles. The standard InChI is InChI=1S/2C20H29NO3.2C19H27NO3/c2*1-5-13(2)8-15-12-21-7-6-14-9-19(23-3)20(24-4)10-16(14)17(21)11-18(15)22;2*1-12(2)7-14-11-20-6-5-13-8-18(22-3)19(23-4)9-15(13)16(20)10-17(14)21/h2*9-10,13,15,17H,5-8,11-12H2,1-4H3;2*8-9,12,14,16H,5-7,10-11H2,1-4H3/i2D3,4D3,5D2,8D2,11D2,12D2,13D,15D;2D3,4D3,5D2,6D2,7D2,8D2,13D,17D;4D3,5D2,6D2,10D2,14D,16D;4D3,5D2,6D2,16D. The van der Waals surface area contributed by atoms with Gasteiger partial charge in [-0.25, -0.2) is 0 Å². The molecular weight excluding hydrogens is 1180 g/mol. The van der Waals surface area contributed by atoms with Crippen molar-refractivity contribution >= 4 is 23.1 Å². The van der Waals surface area contributed by atoms with Gasteiger partial charge in [0.15, 0.2) is 46.0 Å². The Balaban J connectivity index is 0.000000216. The van der Waals surface area contributed by atoms with Gasteiger partial charge in [-0.15, -0.1) is 0 Å². The normalized spacial score (nSPS) is 43.4. The predicted octanol–water partition coefficient (Wildman–Crippen LogP) is 13.7. The van der Waals surface area contributed by atoms with Crippen molar-refractivity contribution in [3.63, 3.8) is 0 Å². The highest BCUT2D eigenvalue weighted by atomic mass is 16.5. The van der Waals surface area contributed by atoms with E-state index in [4.69, 9.17) is 106 Å². The molecule has 10 unspecified atom stereocenters. The molecule has 4 aromatic rings. The molecule has 0 radical (unpaired) electrons. The minimum absolute atomic E-state index is 0.00372. The average Bonchev–Trinajstić information content (AvgIpc) is 0.664. The monoisotopic (exact) mass is 1350 g/mol. The lowest BCUT2D eigenvalue weighted by molar-refractivity contribution is -0.130. The van der Waals surface area contributed by atoms with E-state index in [0.29, 0.717) is 40.5 Å². The van der Waals surface area contributed by atoms with Crippen LogP contribution in [0.15, 0.2) is 48.5 Å². The van der Waals surface area contributed by atoms with Crippen LogP contribution < -0.4 is 37.9 Å². The van der Waals surface area contributed by atoms with Gasteiger partial charge in [0.05, 0.1) is 77.2 Å². The summed E-state index contributed by atoms with van der Waals surface area (Å²) in [6, 6.07) is -0.485. The third kappa shape index (κ3) is 16.4. The molecule has 0 bridgehead atoms. The van der Waals surface area contributed by atoms with E-state index >= 15 is 0 Å². The van der Waals surface area contributed by atoms with Crippen LogP contribution in [0.1, 0.15) is 258 Å². The van der Waals surface area contributed by atoms with Crippen LogP contribution in [0.4, 0.5) is 0 Å². The van der Waals surface area contributed by atoms with Crippen LogP contribution >= 0.6 is 0 Å². The molecule has 8 heterocycles. The Bertz CT molecular complexity index is 5580. The number of benzene rings is 4. The van der Waals surface area contributed by atoms with Crippen molar-refractivity contribution in [2.24, 2.45) is 47.2 Å². The maximum Gasteiger partial charge on any atom is 0.161 e. The molecule has 4 saturated heterocycles. The fraction of sp³-hybridized carbons (Fsp3) is 0.641. The van der Waals surface area contributed by atoms with Gasteiger partial charge in [-0.1, -0.05) is 68.0 Å². The summed E-state index contributed by atoms with van der Waals surface area (Å²) in [5, 5.41) is 0. The number of ketones is 4. The first-order valence-corrected chi connectivity index (χ1v) is 29.9. The summed E-state index contributed by atoms with van der Waals surface area (Å²) in [7, 11) is -6.98. The molecule has 0 amide bonds. The van der Waals surface area contributed by atoms with Crippen LogP contribution in [0.25, 0.3) is 0 Å². The molecule has 0 aromatic heterocycles. The lowest BCUT2D eigenvalue weighted by Gasteiger charge is -2.43. The first kappa shape index (κ1) is 30.7. The number of piperidine rings is 4. The minimum atomic E-state index is -4.13. The van der Waals surface area contributed by atoms with E-state index in [1.807, 2.05) is 13.8 Å². The number of carbonyl (C=O) groups is 4. The summed E-state index contributed by atoms with van der Waals surface area (Å²) >= 11 is 0. The number of hydrogen-bond acceptors (Lipinski definition) is 16. The van der Waals surface area contributed by atoms with E-state index in [2.05, 4.69) is 0 Å². The maximum atomic E-state index is 13.8. The molecule has 12 rings (SSSR count). The van der Waals surface area contributed by atoms with E-state index in [1.54, 1.807) is 13.8 Å². The lowest BCUT2D eigenvalue weighted by atomic mass is 9.79. The third-order valence-corrected chi connectivity index (χ3v) is 16.2. The Morgan fingerprint density at radius 1 is 0.489 bits per heavy atom. The van der Waals surface area contributed by atoms with E-state index in [0.717, 1.165) is 49.5 Å². The molecular formula is C78H112N4O12. The second kappa shape index (κ2) is 32.7. The van der Waals surface area contributed by atoms with E-state index < -0.39 is 256 Å². The molecule has 8 aliphatic rings. The third-order valence-electron chi connectivity index (χ3n) is 16.2. The van der Waals surface area contributed by atoms with Crippen molar-refractivity contribution in [1.29, 1.82) is 0 Å². The number of aryl methyl sites for hydroxylation is 3. The van der Waals surface area contributed by atoms with Crippen molar-refractivity contribution in [2.75, 3.05) is 109 Å². The Hall–Kier alpha value is -6.20. The molecule has 0 saturated carbocycles. The van der Waals surface area contributed by atoms with Crippen molar-refractivity contribution in [1.82, 2.24) is 19.6 Å². The zero-order valence-electron chi connectivity index (χ0n) is 105. The molecule has 16 heteroatoms. The highest BCUT2D eigenvalue weighted by molar-refractivity contribution is 5.85. The van der Waals surface area contributed by atoms with Crippen molar-refractivity contribution < 1.29 is 127 Å². The van der Waals surface area contributed by atoms with Gasteiger partial charge < -0.3 is 37.9 Å². The SMILES string of the molecule is [2H]C([2H])([2H])Oc1cc2c(cc1OC)C([2H])([2H])C([2H])([2H])N1CC(C([2H])([2H])C([2H])(C([2H])([2H])[2H])C([2H])([2H])C)C(=O)CC21[2H].[2H]C([2H])([2H])Oc1cc2c(cc1OC)C([2H])([2H])C([2H])([2H])N1CC(CC(C)C)C(=O)CC21[2H].[2H]C([2H])([2H])Oc1cc2c(cc1OC)C([2H])([2H])C([2H])([2H])N1CC([2H])(CC(C)C)C(=O)C([2H])([2H])C21[2H].[2H]C([2H])([2H])Oc1cc2c(cc1OC)CCN1C2C([2H])([2H])C(=O)C([2H])(C([2H])([2H])C([2H])(C([2H])([2H])[2H])C([2H])([2H])C)C1([2H])[2H]. The Labute approximate surface area is 634 Å². The van der Waals surface area contributed by atoms with Gasteiger partial charge in [0.25, 0.3) is 0 Å². The zero-order chi connectivity index (χ0) is 112. The summed E-state index contributed by atoms with van der Waals surface area (Å²) in [6.07, 6.45) is -29.8. The summed E-state index contributed by atoms with van der Waals surface area (Å²) in [5.74, 6) is -23.0. The summed E-state index contributed by atoms with van der Waals surface area (Å²) in [5.41, 5.74) is -1.69. The number of methoxy groups -OCH3 is 8. The maximum absolute atomic E-state index is 13.8. The number of ether oxygens (including phenoxy) is 8. The summed E-state index contributed by atoms with van der Waals surface area (Å²) < 4.78 is 460. The molecule has 0 spiro atoms. The topological polar surface area (TPSA) is 155 Å². The molecule has 0 N–H and O–H groups in total. The second-order valence-corrected chi connectivity index (χ2v) is 23.2. The zero-order valence-corrected chi connectivity index (χ0v) is 53.6. The van der Waals surface area contributed by atoms with Gasteiger partial charge in [-0.05, 0) is 168 Å². The van der Waals surface area contributed by atoms with Gasteiger partial charge in [-0.3, -0.25) is 38.8 Å². The molecule has 0 aliphatic carbocycles. The Morgan fingerprint density at radius 3 is 1.36 bits per heavy atom. The van der Waals surface area contributed by atoms with Crippen LogP contribution in [-0.2, 0) is 44.7 Å². The molecule has 94 heavy (non-hydrogen) atoms. The minimum Gasteiger partial charge on any atom is -0.493 e. The van der Waals surface area contributed by atoms with Gasteiger partial charge in [-0.2, -0.15) is 0 Å². The molecule has 516 valence electrons. The number of nitrogens with zero attached hydrogens (tertiary/aromatic N) is 4. The van der Waals surface area contributed by atoms with Gasteiger partial charge >= 0.3 is 0 Å². The van der Waals surface area contributed by atoms with Gasteiger partial charge in [0, 0.05) is 175 Å². The largest absolute Gasteiger partial charge is 0.493 e. The van der Waals surface area contributed by atoms with E-state index in [-0.39, 0.29) is 100 Å². The fourth-order valence-corrected chi connectivity index (χ4v) is 11.6. The van der Waals surface area contributed by atoms with Crippen LogP contribution in [0.5, 0.6) is 46.0 Å². The van der Waals surface area contributed by atoms with Crippen LogP contribution in [0.3, 0.4) is 0 Å². The molecule has 4 fully saturated rings. The Kier molecular flexibility index (Phi) is 10.7. The van der Waals surface area contributed by atoms with Crippen molar-refractivity contribution in [3.8, 4) is 46.0 Å². The first-order valence-electron chi connectivity index (χ1n) is 55.4. The average molecular weight is 1350 g/mol. The van der Waals surface area contributed by atoms with Gasteiger partial charge in [0.1, 0.15) is 23.1 Å². The number of carbonyl (C=O) groups excluding carboxylic acids is 4. The number of fused-ring (bicyclic) bond motifs is 12. The summed E-state index contributed by atoms with van der Waals surface area (Å²) in [4.78, 5) is 56.4. The number of rotatable bonds is 18. The first-order chi connectivity index (χ1) is 64.5. The quantitative estimate of drug-likeness (QED) is 0.0926. The lowest BCUT2D eigenvalue weighted by Crippen LogP contribution is -2.46. The van der Waals surface area contributed by atoms with Crippen LogP contribution in [0, 0.1) is 47.2 Å².